The Morgan fingerprint density at radius 3 is 2.94 bits per heavy atom. The Morgan fingerprint density at radius 2 is 2.25 bits per heavy atom. The van der Waals surface area contributed by atoms with Crippen molar-refractivity contribution in [3.8, 4) is 0 Å². The third-order valence-corrected chi connectivity index (χ3v) is 3.17. The number of nitrogens with zero attached hydrogens (tertiary/aromatic N) is 2. The van der Waals surface area contributed by atoms with Gasteiger partial charge in [0.25, 0.3) is 0 Å². The number of rotatable bonds is 4. The quantitative estimate of drug-likeness (QED) is 0.832. The van der Waals surface area contributed by atoms with Crippen LogP contribution in [0.3, 0.4) is 0 Å². The van der Waals surface area contributed by atoms with Crippen molar-refractivity contribution < 1.29 is 0 Å². The summed E-state index contributed by atoms with van der Waals surface area (Å²) in [6.45, 7) is 4.60. The topological polar surface area (TPSA) is 28.2 Å². The number of piperidine rings is 1. The maximum absolute atomic E-state index is 4.04. The lowest BCUT2D eigenvalue weighted by Gasteiger charge is -2.27. The van der Waals surface area contributed by atoms with Crippen LogP contribution < -0.4 is 5.32 Å². The molecule has 1 aromatic rings. The van der Waals surface area contributed by atoms with Gasteiger partial charge < -0.3 is 10.2 Å². The minimum absolute atomic E-state index is 0.820. The van der Waals surface area contributed by atoms with Gasteiger partial charge in [0.2, 0.25) is 0 Å². The van der Waals surface area contributed by atoms with Crippen LogP contribution in [0, 0.1) is 5.92 Å². The van der Waals surface area contributed by atoms with E-state index in [0.717, 1.165) is 12.5 Å². The monoisotopic (exact) mass is 219 g/mol. The molecule has 1 atom stereocenters. The second-order valence-electron chi connectivity index (χ2n) is 4.76. The van der Waals surface area contributed by atoms with Crippen molar-refractivity contribution in [2.45, 2.75) is 19.4 Å². The minimum atomic E-state index is 0.820. The molecule has 0 aromatic carbocycles. The van der Waals surface area contributed by atoms with E-state index in [1.165, 1.54) is 38.0 Å². The van der Waals surface area contributed by atoms with Crippen LogP contribution in [0.1, 0.15) is 18.4 Å². The fourth-order valence-electron chi connectivity index (χ4n) is 2.39. The maximum atomic E-state index is 4.04. The highest BCUT2D eigenvalue weighted by Crippen LogP contribution is 2.12. The maximum Gasteiger partial charge on any atom is 0.0271 e. The molecule has 1 fully saturated rings. The Hall–Kier alpha value is -0.930. The Bertz CT molecular complexity index is 293. The highest BCUT2D eigenvalue weighted by Gasteiger charge is 2.14. The summed E-state index contributed by atoms with van der Waals surface area (Å²) in [5.41, 5.74) is 1.35. The minimum Gasteiger partial charge on any atom is -0.316 e. The van der Waals surface area contributed by atoms with Crippen molar-refractivity contribution in [1.29, 1.82) is 0 Å². The van der Waals surface area contributed by atoms with Gasteiger partial charge in [0.1, 0.15) is 0 Å². The lowest BCUT2D eigenvalue weighted by Crippen LogP contribution is -2.36. The molecule has 2 rings (SSSR count). The highest BCUT2D eigenvalue weighted by molar-refractivity contribution is 5.09. The van der Waals surface area contributed by atoms with Crippen LogP contribution in [0.2, 0.25) is 0 Å². The molecule has 1 aliphatic rings. The van der Waals surface area contributed by atoms with E-state index in [-0.39, 0.29) is 0 Å². The van der Waals surface area contributed by atoms with Gasteiger partial charge in [-0.05, 0) is 56.6 Å². The first-order chi connectivity index (χ1) is 7.84. The molecule has 1 aromatic heterocycles. The van der Waals surface area contributed by atoms with Crippen LogP contribution >= 0.6 is 0 Å². The zero-order valence-electron chi connectivity index (χ0n) is 10.0. The molecule has 0 bridgehead atoms. The van der Waals surface area contributed by atoms with E-state index in [9.17, 15) is 0 Å². The summed E-state index contributed by atoms with van der Waals surface area (Å²) < 4.78 is 0. The molecular formula is C13H21N3. The molecule has 16 heavy (non-hydrogen) atoms. The molecule has 3 heteroatoms. The molecule has 0 aliphatic carbocycles. The van der Waals surface area contributed by atoms with E-state index in [1.807, 2.05) is 12.4 Å². The SMILES string of the molecule is CN(Cc1ccncc1)C[C@@H]1CCCNC1. The zero-order chi connectivity index (χ0) is 11.2. The van der Waals surface area contributed by atoms with E-state index in [1.54, 1.807) is 0 Å². The Morgan fingerprint density at radius 1 is 1.44 bits per heavy atom. The van der Waals surface area contributed by atoms with Crippen LogP contribution in [0.15, 0.2) is 24.5 Å². The summed E-state index contributed by atoms with van der Waals surface area (Å²) in [5, 5.41) is 3.47. The molecule has 1 saturated heterocycles. The Labute approximate surface area is 97.9 Å². The molecule has 3 nitrogen and oxygen atoms in total. The van der Waals surface area contributed by atoms with Gasteiger partial charge in [-0.3, -0.25) is 4.98 Å². The average molecular weight is 219 g/mol. The fourth-order valence-corrected chi connectivity index (χ4v) is 2.39. The predicted molar refractivity (Wildman–Crippen MR) is 66.2 cm³/mol. The zero-order valence-corrected chi connectivity index (χ0v) is 10.0. The van der Waals surface area contributed by atoms with Gasteiger partial charge in [0.15, 0.2) is 0 Å². The normalized spacial score (nSPS) is 21.2. The first-order valence-electron chi connectivity index (χ1n) is 6.13. The van der Waals surface area contributed by atoms with Crippen molar-refractivity contribution in [3.63, 3.8) is 0 Å². The Balaban J connectivity index is 1.77. The van der Waals surface area contributed by atoms with Gasteiger partial charge in [0.05, 0.1) is 0 Å². The van der Waals surface area contributed by atoms with Gasteiger partial charge >= 0.3 is 0 Å². The third-order valence-electron chi connectivity index (χ3n) is 3.17. The van der Waals surface area contributed by atoms with Gasteiger partial charge in [-0.15, -0.1) is 0 Å². The second kappa shape index (κ2) is 5.97. The molecule has 1 N–H and O–H groups in total. The fraction of sp³-hybridized carbons (Fsp3) is 0.615. The highest BCUT2D eigenvalue weighted by atomic mass is 15.1. The van der Waals surface area contributed by atoms with Gasteiger partial charge in [-0.25, -0.2) is 0 Å². The summed E-state index contributed by atoms with van der Waals surface area (Å²) in [7, 11) is 2.20. The molecule has 0 unspecified atom stereocenters. The van der Waals surface area contributed by atoms with Crippen LogP contribution in [-0.2, 0) is 6.54 Å². The molecule has 0 saturated carbocycles. The number of aromatic nitrogens is 1. The summed E-state index contributed by atoms with van der Waals surface area (Å²) in [6.07, 6.45) is 6.43. The van der Waals surface area contributed by atoms with Gasteiger partial charge in [-0.2, -0.15) is 0 Å². The first-order valence-corrected chi connectivity index (χ1v) is 6.13. The number of hydrogen-bond donors (Lipinski definition) is 1. The molecular weight excluding hydrogens is 198 g/mol. The third kappa shape index (κ3) is 3.58. The first kappa shape index (κ1) is 11.6. The summed E-state index contributed by atoms with van der Waals surface area (Å²) in [6, 6.07) is 4.19. The van der Waals surface area contributed by atoms with Crippen LogP contribution in [-0.4, -0.2) is 36.6 Å². The van der Waals surface area contributed by atoms with Crippen molar-refractivity contribution in [2.24, 2.45) is 5.92 Å². The van der Waals surface area contributed by atoms with Crippen molar-refractivity contribution >= 4 is 0 Å². The molecule has 88 valence electrons. The van der Waals surface area contributed by atoms with Crippen LogP contribution in [0.25, 0.3) is 0 Å². The molecule has 0 spiro atoms. The molecule has 1 aliphatic heterocycles. The van der Waals surface area contributed by atoms with Gasteiger partial charge in [-0.1, -0.05) is 0 Å². The summed E-state index contributed by atoms with van der Waals surface area (Å²) in [4.78, 5) is 6.45. The summed E-state index contributed by atoms with van der Waals surface area (Å²) >= 11 is 0. The predicted octanol–water partition coefficient (Wildman–Crippen LogP) is 1.51. The van der Waals surface area contributed by atoms with Crippen molar-refractivity contribution in [3.05, 3.63) is 30.1 Å². The number of hydrogen-bond acceptors (Lipinski definition) is 3. The average Bonchev–Trinajstić information content (AvgIpc) is 2.31. The molecule has 0 radical (unpaired) electrons. The van der Waals surface area contributed by atoms with E-state index in [0.29, 0.717) is 0 Å². The van der Waals surface area contributed by atoms with Crippen LogP contribution in [0.5, 0.6) is 0 Å². The van der Waals surface area contributed by atoms with E-state index in [2.05, 4.69) is 34.4 Å². The molecule has 2 heterocycles. The lowest BCUT2D eigenvalue weighted by atomic mass is 9.99. The largest absolute Gasteiger partial charge is 0.316 e. The number of pyridine rings is 1. The molecule has 0 amide bonds. The standard InChI is InChI=1S/C13H21N3/c1-16(10-12-4-7-14-8-5-12)11-13-3-2-6-15-9-13/h4-5,7-8,13,15H,2-3,6,9-11H2,1H3/t13-/m1/s1. The Kier molecular flexibility index (Phi) is 4.31. The lowest BCUT2D eigenvalue weighted by molar-refractivity contribution is 0.237. The van der Waals surface area contributed by atoms with E-state index in [4.69, 9.17) is 0 Å². The number of nitrogens with one attached hydrogen (secondary N) is 1. The summed E-state index contributed by atoms with van der Waals surface area (Å²) in [5.74, 6) is 0.820. The second-order valence-corrected chi connectivity index (χ2v) is 4.76. The smallest absolute Gasteiger partial charge is 0.0271 e. The van der Waals surface area contributed by atoms with E-state index >= 15 is 0 Å². The van der Waals surface area contributed by atoms with Crippen LogP contribution in [0.4, 0.5) is 0 Å². The van der Waals surface area contributed by atoms with Gasteiger partial charge in [0, 0.05) is 25.5 Å². The van der Waals surface area contributed by atoms with E-state index < -0.39 is 0 Å². The van der Waals surface area contributed by atoms with Crippen molar-refractivity contribution in [1.82, 2.24) is 15.2 Å². The van der Waals surface area contributed by atoms with Crippen molar-refractivity contribution in [2.75, 3.05) is 26.7 Å².